The zero-order valence-corrected chi connectivity index (χ0v) is 19.0. The summed E-state index contributed by atoms with van der Waals surface area (Å²) in [5.74, 6) is -0.486. The summed E-state index contributed by atoms with van der Waals surface area (Å²) in [7, 11) is 0. The van der Waals surface area contributed by atoms with Crippen LogP contribution >= 0.6 is 0 Å². The van der Waals surface area contributed by atoms with Gasteiger partial charge >= 0.3 is 0 Å². The molecule has 1 N–H and O–H groups in total. The molecular weight excluding hydrogens is 440 g/mol. The van der Waals surface area contributed by atoms with E-state index in [1.807, 2.05) is 0 Å². The molecule has 1 amide bonds. The van der Waals surface area contributed by atoms with Crippen molar-refractivity contribution in [2.75, 3.05) is 0 Å². The van der Waals surface area contributed by atoms with Crippen LogP contribution in [0.5, 0.6) is 0 Å². The third-order valence-corrected chi connectivity index (χ3v) is 6.32. The van der Waals surface area contributed by atoms with Gasteiger partial charge in [-0.3, -0.25) is 9.59 Å². The number of pyridine rings is 1. The van der Waals surface area contributed by atoms with E-state index in [9.17, 15) is 18.4 Å². The molecule has 0 aliphatic heterocycles. The van der Waals surface area contributed by atoms with Crippen molar-refractivity contribution in [3.8, 4) is 0 Å². The Kier molecular flexibility index (Phi) is 5.27. The van der Waals surface area contributed by atoms with Crippen LogP contribution in [-0.2, 0) is 6.54 Å². The number of nitrogens with zero attached hydrogens (tertiary/aromatic N) is 4. The molecule has 2 heterocycles. The van der Waals surface area contributed by atoms with E-state index >= 15 is 0 Å². The normalized spacial score (nSPS) is 13.4. The molecule has 1 aliphatic rings. The third-order valence-electron chi connectivity index (χ3n) is 6.32. The number of carbonyl (C=O) groups excluding carboxylic acids is 1. The number of hydrogen-bond acceptors (Lipinski definition) is 4. The Bertz CT molecular complexity index is 1500. The number of aromatic nitrogens is 4. The van der Waals surface area contributed by atoms with Crippen molar-refractivity contribution in [2.24, 2.45) is 0 Å². The second-order valence-corrected chi connectivity index (χ2v) is 8.62. The summed E-state index contributed by atoms with van der Waals surface area (Å²) in [6, 6.07) is 9.05. The SMILES string of the molecule is Cc1nnc(C)n1-n1c(C)c(C(=O)NCc2cccc(F)c2C2CC2)c2cccc(F)c2c1=O. The smallest absolute Gasteiger partial charge is 0.280 e. The van der Waals surface area contributed by atoms with E-state index in [0.717, 1.165) is 12.8 Å². The van der Waals surface area contributed by atoms with Crippen LogP contribution in [0.2, 0.25) is 0 Å². The lowest BCUT2D eigenvalue weighted by Gasteiger charge is -2.19. The molecule has 9 heteroatoms. The summed E-state index contributed by atoms with van der Waals surface area (Å²) >= 11 is 0. The first-order valence-electron chi connectivity index (χ1n) is 11.1. The Balaban J connectivity index is 1.64. The maximum Gasteiger partial charge on any atom is 0.280 e. The minimum Gasteiger partial charge on any atom is -0.348 e. The van der Waals surface area contributed by atoms with Crippen LogP contribution in [-0.4, -0.2) is 25.5 Å². The first kappa shape index (κ1) is 21.9. The molecule has 7 nitrogen and oxygen atoms in total. The quantitative estimate of drug-likeness (QED) is 0.487. The topological polar surface area (TPSA) is 81.8 Å². The molecule has 34 heavy (non-hydrogen) atoms. The van der Waals surface area contributed by atoms with Crippen LogP contribution in [0.15, 0.2) is 41.2 Å². The van der Waals surface area contributed by atoms with Gasteiger partial charge in [0.15, 0.2) is 0 Å². The molecule has 0 atom stereocenters. The van der Waals surface area contributed by atoms with E-state index in [2.05, 4.69) is 15.5 Å². The minimum absolute atomic E-state index is 0.114. The molecule has 0 unspecified atom stereocenters. The maximum absolute atomic E-state index is 14.9. The first-order chi connectivity index (χ1) is 16.3. The molecule has 5 rings (SSSR count). The monoisotopic (exact) mass is 463 g/mol. The van der Waals surface area contributed by atoms with Gasteiger partial charge in [0.05, 0.1) is 16.6 Å². The van der Waals surface area contributed by atoms with Crippen molar-refractivity contribution >= 4 is 16.7 Å². The second-order valence-electron chi connectivity index (χ2n) is 8.62. The lowest BCUT2D eigenvalue weighted by atomic mass is 10.0. The standard InChI is InChI=1S/C25H23F2N5O2/c1-13-21(24(33)28-12-17-6-4-8-19(26)22(17)16-10-11-16)18-7-5-9-20(27)23(18)25(34)31(13)32-14(2)29-30-15(32)3/h4-9,16H,10-12H2,1-3H3,(H,28,33). The minimum atomic E-state index is -0.727. The van der Waals surface area contributed by atoms with Gasteiger partial charge in [-0.15, -0.1) is 10.2 Å². The summed E-state index contributed by atoms with van der Waals surface area (Å²) in [6.45, 7) is 5.07. The number of aryl methyl sites for hydroxylation is 2. The highest BCUT2D eigenvalue weighted by atomic mass is 19.1. The van der Waals surface area contributed by atoms with Gasteiger partial charge in [-0.05, 0) is 62.8 Å². The molecule has 2 aromatic heterocycles. The number of fused-ring (bicyclic) bond motifs is 1. The second kappa shape index (κ2) is 8.16. The van der Waals surface area contributed by atoms with Gasteiger partial charge in [0, 0.05) is 11.9 Å². The molecular formula is C25H23F2N5O2. The van der Waals surface area contributed by atoms with Crippen LogP contribution in [0.25, 0.3) is 10.8 Å². The molecule has 174 valence electrons. The highest BCUT2D eigenvalue weighted by Crippen LogP contribution is 2.43. The molecule has 1 aliphatic carbocycles. The maximum atomic E-state index is 14.9. The van der Waals surface area contributed by atoms with Crippen molar-refractivity contribution in [2.45, 2.75) is 46.1 Å². The predicted octanol–water partition coefficient (Wildman–Crippen LogP) is 3.92. The fourth-order valence-corrected chi connectivity index (χ4v) is 4.62. The summed E-state index contributed by atoms with van der Waals surface area (Å²) in [6.07, 6.45) is 1.85. The van der Waals surface area contributed by atoms with Crippen molar-refractivity contribution in [3.63, 3.8) is 0 Å². The van der Waals surface area contributed by atoms with Crippen molar-refractivity contribution in [3.05, 3.63) is 92.4 Å². The number of carbonyl (C=O) groups is 1. The Morgan fingerprint density at radius 2 is 1.65 bits per heavy atom. The number of rotatable bonds is 5. The summed E-state index contributed by atoms with van der Waals surface area (Å²) in [5, 5.41) is 10.8. The lowest BCUT2D eigenvalue weighted by Crippen LogP contribution is -2.34. The Morgan fingerprint density at radius 1 is 1.00 bits per heavy atom. The fourth-order valence-electron chi connectivity index (χ4n) is 4.62. The van der Waals surface area contributed by atoms with Crippen LogP contribution in [0, 0.1) is 32.4 Å². The fraction of sp³-hybridized carbons (Fsp3) is 0.280. The molecule has 0 bridgehead atoms. The number of benzene rings is 2. The highest BCUT2D eigenvalue weighted by Gasteiger charge is 2.29. The molecule has 4 aromatic rings. The average Bonchev–Trinajstić information content (AvgIpc) is 3.58. The Labute approximate surface area is 194 Å². The molecule has 0 radical (unpaired) electrons. The predicted molar refractivity (Wildman–Crippen MR) is 123 cm³/mol. The van der Waals surface area contributed by atoms with E-state index < -0.39 is 17.3 Å². The molecule has 0 spiro atoms. The summed E-state index contributed by atoms with van der Waals surface area (Å²) in [5.41, 5.74) is 1.20. The number of halogens is 2. The van der Waals surface area contributed by atoms with Crippen molar-refractivity contribution < 1.29 is 13.6 Å². The van der Waals surface area contributed by atoms with E-state index in [1.165, 1.54) is 27.6 Å². The molecule has 1 fully saturated rings. The molecule has 0 saturated heterocycles. The van der Waals surface area contributed by atoms with Crippen LogP contribution in [0.3, 0.4) is 0 Å². The number of hydrogen-bond donors (Lipinski definition) is 1. The van der Waals surface area contributed by atoms with Crippen molar-refractivity contribution in [1.29, 1.82) is 0 Å². The van der Waals surface area contributed by atoms with Gasteiger partial charge in [-0.1, -0.05) is 24.3 Å². The van der Waals surface area contributed by atoms with Crippen LogP contribution < -0.4 is 10.9 Å². The first-order valence-corrected chi connectivity index (χ1v) is 11.1. The largest absolute Gasteiger partial charge is 0.348 e. The van der Waals surface area contributed by atoms with Gasteiger partial charge in [0.1, 0.15) is 23.3 Å². The van der Waals surface area contributed by atoms with E-state index in [1.54, 1.807) is 39.0 Å². The van der Waals surface area contributed by atoms with Gasteiger partial charge < -0.3 is 5.32 Å². The van der Waals surface area contributed by atoms with Gasteiger partial charge in [0.2, 0.25) is 0 Å². The van der Waals surface area contributed by atoms with Gasteiger partial charge in [-0.25, -0.2) is 18.1 Å². The van der Waals surface area contributed by atoms with Gasteiger partial charge in [-0.2, -0.15) is 0 Å². The lowest BCUT2D eigenvalue weighted by molar-refractivity contribution is 0.0950. The average molecular weight is 463 g/mol. The van der Waals surface area contributed by atoms with Crippen molar-refractivity contribution in [1.82, 2.24) is 24.9 Å². The van der Waals surface area contributed by atoms with E-state index in [4.69, 9.17) is 0 Å². The number of nitrogens with one attached hydrogen (secondary N) is 1. The third kappa shape index (κ3) is 3.48. The van der Waals surface area contributed by atoms with Gasteiger partial charge in [0.25, 0.3) is 11.5 Å². The Hall–Kier alpha value is -3.88. The molecule has 2 aromatic carbocycles. The summed E-state index contributed by atoms with van der Waals surface area (Å²) < 4.78 is 32.0. The zero-order valence-electron chi connectivity index (χ0n) is 19.0. The van der Waals surface area contributed by atoms with Crippen LogP contribution in [0.1, 0.15) is 57.6 Å². The van der Waals surface area contributed by atoms with E-state index in [0.29, 0.717) is 28.5 Å². The molecule has 1 saturated carbocycles. The summed E-state index contributed by atoms with van der Waals surface area (Å²) in [4.78, 5) is 26.8. The number of amides is 1. The Morgan fingerprint density at radius 3 is 2.32 bits per heavy atom. The van der Waals surface area contributed by atoms with Crippen LogP contribution in [0.4, 0.5) is 8.78 Å². The van der Waals surface area contributed by atoms with E-state index in [-0.39, 0.29) is 34.6 Å². The zero-order chi connectivity index (χ0) is 24.1. The highest BCUT2D eigenvalue weighted by molar-refractivity contribution is 6.07.